The molecular formula is C15H17ClF3N3O5. The summed E-state index contributed by atoms with van der Waals surface area (Å²) in [6, 6.07) is 5.56. The van der Waals surface area contributed by atoms with Crippen LogP contribution in [-0.4, -0.2) is 43.0 Å². The molecule has 0 heterocycles. The van der Waals surface area contributed by atoms with E-state index >= 15 is 0 Å². The van der Waals surface area contributed by atoms with E-state index in [0.717, 1.165) is 0 Å². The zero-order valence-electron chi connectivity index (χ0n) is 14.3. The molecular weight excluding hydrogens is 395 g/mol. The van der Waals surface area contributed by atoms with Crippen LogP contribution in [0.15, 0.2) is 29.4 Å². The van der Waals surface area contributed by atoms with Crippen molar-refractivity contribution in [3.8, 4) is 0 Å². The second-order valence-corrected chi connectivity index (χ2v) is 5.26. The lowest BCUT2D eigenvalue weighted by molar-refractivity contribution is -0.285. The van der Waals surface area contributed by atoms with Crippen LogP contribution in [0.3, 0.4) is 0 Å². The fourth-order valence-electron chi connectivity index (χ4n) is 1.68. The lowest BCUT2D eigenvalue weighted by Crippen LogP contribution is -2.65. The minimum absolute atomic E-state index is 0.162. The molecule has 1 aromatic rings. The molecule has 1 unspecified atom stereocenters. The van der Waals surface area contributed by atoms with Crippen molar-refractivity contribution in [3.05, 3.63) is 34.9 Å². The van der Waals surface area contributed by atoms with Gasteiger partial charge in [0.25, 0.3) is 0 Å². The van der Waals surface area contributed by atoms with Gasteiger partial charge in [-0.1, -0.05) is 16.8 Å². The number of nitrogens with zero attached hydrogens (tertiary/aromatic N) is 1. The number of alkyl halides is 3. The number of oxime groups is 1. The van der Waals surface area contributed by atoms with Gasteiger partial charge in [-0.05, 0) is 38.1 Å². The Bertz CT molecular complexity index is 697. The summed E-state index contributed by atoms with van der Waals surface area (Å²) in [5.41, 5.74) is 1.79. The third-order valence-electron chi connectivity index (χ3n) is 2.94. The number of amidine groups is 1. The fourth-order valence-corrected chi connectivity index (χ4v) is 1.81. The van der Waals surface area contributed by atoms with E-state index in [1.54, 1.807) is 0 Å². The summed E-state index contributed by atoms with van der Waals surface area (Å²) < 4.78 is 49.7. The molecule has 1 rings (SSSR count). The number of esters is 1. The average molecular weight is 412 g/mol. The van der Waals surface area contributed by atoms with Gasteiger partial charge in [0.05, 0.1) is 13.2 Å². The van der Waals surface area contributed by atoms with E-state index in [4.69, 9.17) is 17.3 Å². The highest BCUT2D eigenvalue weighted by Gasteiger charge is 2.67. The van der Waals surface area contributed by atoms with E-state index in [1.807, 2.05) is 0 Å². The lowest BCUT2D eigenvalue weighted by Gasteiger charge is -2.30. The fraction of sp³-hybridized carbons (Fsp3) is 0.400. The van der Waals surface area contributed by atoms with Crippen LogP contribution in [0.2, 0.25) is 5.02 Å². The van der Waals surface area contributed by atoms with Crippen LogP contribution in [0.5, 0.6) is 0 Å². The first-order valence-corrected chi connectivity index (χ1v) is 7.91. The lowest BCUT2D eigenvalue weighted by atomic mass is 10.2. The summed E-state index contributed by atoms with van der Waals surface area (Å²) >= 11 is 5.71. The Morgan fingerprint density at radius 3 is 2.19 bits per heavy atom. The summed E-state index contributed by atoms with van der Waals surface area (Å²) in [5.74, 6) is -2.45. The van der Waals surface area contributed by atoms with Gasteiger partial charge in [-0.15, -0.1) is 0 Å². The highest BCUT2D eigenvalue weighted by Crippen LogP contribution is 2.33. The monoisotopic (exact) mass is 411 g/mol. The molecule has 0 radical (unpaired) electrons. The van der Waals surface area contributed by atoms with Crippen LogP contribution < -0.4 is 11.1 Å². The molecule has 0 aliphatic heterocycles. The number of hydrogen-bond acceptors (Lipinski definition) is 6. The first kappa shape index (κ1) is 22.4. The number of ether oxygens (including phenoxy) is 2. The van der Waals surface area contributed by atoms with Gasteiger partial charge in [-0.2, -0.15) is 13.2 Å². The van der Waals surface area contributed by atoms with Gasteiger partial charge < -0.3 is 20.0 Å². The Labute approximate surface area is 157 Å². The second kappa shape index (κ2) is 9.31. The van der Waals surface area contributed by atoms with E-state index in [1.165, 1.54) is 43.4 Å². The van der Waals surface area contributed by atoms with Crippen molar-refractivity contribution in [2.75, 3.05) is 13.2 Å². The van der Waals surface area contributed by atoms with E-state index in [-0.39, 0.29) is 12.2 Å². The van der Waals surface area contributed by atoms with Gasteiger partial charge >= 0.3 is 24.0 Å². The highest BCUT2D eigenvalue weighted by molar-refractivity contribution is 6.30. The first-order chi connectivity index (χ1) is 12.6. The highest BCUT2D eigenvalue weighted by atomic mass is 35.5. The largest absolute Gasteiger partial charge is 0.463 e. The number of nitrogens with two attached hydrogens (primary N) is 1. The van der Waals surface area contributed by atoms with Gasteiger partial charge in [0.1, 0.15) is 0 Å². The number of alkyl carbamates (subject to hydrolysis) is 1. The standard InChI is InChI=1S/C15H17ClF3N3O5/c1-3-25-12(23)14(15(17,18)19,21-13(24)26-4-2)27-22-11(20)9-5-7-10(16)8-6-9/h5-8H,3-4H2,1-2H3,(H2,20,22)(H,21,24). The zero-order valence-corrected chi connectivity index (χ0v) is 15.1. The number of nitrogens with one attached hydrogen (secondary N) is 1. The Balaban J connectivity index is 3.29. The summed E-state index contributed by atoms with van der Waals surface area (Å²) in [5, 5.41) is 4.80. The molecule has 3 N–H and O–H groups in total. The number of carbonyl (C=O) groups excluding carboxylic acids is 2. The molecule has 12 heteroatoms. The maximum atomic E-state index is 13.6. The number of amides is 1. The van der Waals surface area contributed by atoms with E-state index in [0.29, 0.717) is 5.02 Å². The molecule has 0 saturated heterocycles. The van der Waals surface area contributed by atoms with Gasteiger partial charge in [0, 0.05) is 10.6 Å². The Hall–Kier alpha value is -2.69. The third-order valence-corrected chi connectivity index (χ3v) is 3.19. The molecule has 1 amide bonds. The molecule has 27 heavy (non-hydrogen) atoms. The molecule has 150 valence electrons. The Morgan fingerprint density at radius 2 is 1.70 bits per heavy atom. The van der Waals surface area contributed by atoms with Crippen molar-refractivity contribution >= 4 is 29.5 Å². The van der Waals surface area contributed by atoms with Crippen molar-refractivity contribution < 1.29 is 37.1 Å². The molecule has 8 nitrogen and oxygen atoms in total. The molecule has 0 spiro atoms. The minimum atomic E-state index is -5.45. The molecule has 0 aliphatic carbocycles. The smallest absolute Gasteiger partial charge is 0.461 e. The van der Waals surface area contributed by atoms with Gasteiger partial charge in [0.2, 0.25) is 0 Å². The summed E-state index contributed by atoms with van der Waals surface area (Å²) in [7, 11) is 0. The predicted octanol–water partition coefficient (Wildman–Crippen LogP) is 2.54. The van der Waals surface area contributed by atoms with Crippen molar-refractivity contribution in [2.45, 2.75) is 25.7 Å². The minimum Gasteiger partial charge on any atom is -0.461 e. The number of halogens is 4. The maximum Gasteiger partial charge on any atom is 0.463 e. The molecule has 0 bridgehead atoms. The predicted molar refractivity (Wildman–Crippen MR) is 88.8 cm³/mol. The zero-order chi connectivity index (χ0) is 20.7. The first-order valence-electron chi connectivity index (χ1n) is 7.53. The van der Waals surface area contributed by atoms with Crippen molar-refractivity contribution in [2.24, 2.45) is 10.9 Å². The van der Waals surface area contributed by atoms with Crippen LogP contribution in [-0.2, 0) is 19.1 Å². The topological polar surface area (TPSA) is 112 Å². The molecule has 0 aliphatic rings. The number of carbonyl (C=O) groups is 2. The molecule has 0 saturated carbocycles. The van der Waals surface area contributed by atoms with Gasteiger partial charge in [0.15, 0.2) is 5.84 Å². The van der Waals surface area contributed by atoms with E-state index in [2.05, 4.69) is 19.5 Å². The van der Waals surface area contributed by atoms with E-state index < -0.39 is 36.4 Å². The Kier molecular flexibility index (Phi) is 7.70. The summed E-state index contributed by atoms with van der Waals surface area (Å²) in [4.78, 5) is 27.9. The second-order valence-electron chi connectivity index (χ2n) is 4.82. The quantitative estimate of drug-likeness (QED) is 0.234. The number of hydrogen-bond donors (Lipinski definition) is 2. The molecule has 1 atom stereocenters. The molecule has 1 aromatic carbocycles. The van der Waals surface area contributed by atoms with E-state index in [9.17, 15) is 22.8 Å². The van der Waals surface area contributed by atoms with Crippen LogP contribution in [0.4, 0.5) is 18.0 Å². The average Bonchev–Trinajstić information content (AvgIpc) is 2.58. The molecule has 0 fully saturated rings. The van der Waals surface area contributed by atoms with Crippen molar-refractivity contribution in [1.82, 2.24) is 5.32 Å². The van der Waals surface area contributed by atoms with Gasteiger partial charge in [-0.25, -0.2) is 9.59 Å². The van der Waals surface area contributed by atoms with Crippen LogP contribution >= 0.6 is 11.6 Å². The van der Waals surface area contributed by atoms with Crippen LogP contribution in [0.25, 0.3) is 0 Å². The Morgan fingerprint density at radius 1 is 1.15 bits per heavy atom. The van der Waals surface area contributed by atoms with Gasteiger partial charge in [-0.3, -0.25) is 5.32 Å². The summed E-state index contributed by atoms with van der Waals surface area (Å²) in [6.45, 7) is 1.96. The van der Waals surface area contributed by atoms with Crippen molar-refractivity contribution in [1.29, 1.82) is 0 Å². The SMILES string of the molecule is CCOC(=O)NC(ON=C(N)c1ccc(Cl)cc1)(C(=O)OCC)C(F)(F)F. The number of rotatable bonds is 7. The van der Waals surface area contributed by atoms with Crippen LogP contribution in [0, 0.1) is 0 Å². The van der Waals surface area contributed by atoms with Crippen LogP contribution in [0.1, 0.15) is 19.4 Å². The number of benzene rings is 1. The third kappa shape index (κ3) is 5.64. The molecule has 0 aromatic heterocycles. The summed E-state index contributed by atoms with van der Waals surface area (Å²) in [6.07, 6.45) is -7.02. The normalized spacial score (nSPS) is 14.1. The maximum absolute atomic E-state index is 13.6. The van der Waals surface area contributed by atoms with Crippen molar-refractivity contribution in [3.63, 3.8) is 0 Å².